The van der Waals surface area contributed by atoms with E-state index < -0.39 is 5.97 Å². The number of methoxy groups -OCH3 is 2. The zero-order chi connectivity index (χ0) is 13.8. The number of hydrogen-bond donors (Lipinski definition) is 1. The number of carbonyl (C=O) groups is 1. The molecule has 1 N–H and O–H groups in total. The van der Waals surface area contributed by atoms with Crippen molar-refractivity contribution in [3.63, 3.8) is 0 Å². The van der Waals surface area contributed by atoms with Crippen LogP contribution in [-0.4, -0.2) is 35.3 Å². The number of hydrogen-bond acceptors (Lipinski definition) is 6. The molecule has 19 heavy (non-hydrogen) atoms. The quantitative estimate of drug-likeness (QED) is 0.861. The summed E-state index contributed by atoms with van der Waals surface area (Å²) in [5.41, 5.74) is 0.269. The van der Waals surface area contributed by atoms with E-state index >= 15 is 0 Å². The highest BCUT2D eigenvalue weighted by molar-refractivity contribution is 5.87. The minimum absolute atomic E-state index is 0.0202. The molecule has 0 aliphatic heterocycles. The van der Waals surface area contributed by atoms with Gasteiger partial charge in [-0.25, -0.2) is 4.79 Å². The topological polar surface area (TPSA) is 90.8 Å². The fraction of sp³-hybridized carbons (Fsp3) is 0.417. The highest BCUT2D eigenvalue weighted by Gasteiger charge is 2.23. The van der Waals surface area contributed by atoms with Crippen LogP contribution in [0.5, 0.6) is 17.8 Å². The highest BCUT2D eigenvalue weighted by Crippen LogP contribution is 2.29. The Labute approximate surface area is 109 Å². The van der Waals surface area contributed by atoms with Crippen LogP contribution in [0.1, 0.15) is 19.3 Å². The average Bonchev–Trinajstić information content (AvgIpc) is 2.86. The van der Waals surface area contributed by atoms with E-state index in [1.165, 1.54) is 20.3 Å². The Morgan fingerprint density at radius 1 is 1.21 bits per heavy atom. The smallest absolute Gasteiger partial charge is 0.334 e. The molecule has 1 aromatic heterocycles. The van der Waals surface area contributed by atoms with Gasteiger partial charge in [-0.3, -0.25) is 0 Å². The normalized spacial score (nSPS) is 14.4. The number of carboxylic acid groups (broad SMARTS) is 1. The number of allylic oxidation sites excluding steroid dienone is 1. The molecule has 0 bridgehead atoms. The molecule has 0 saturated heterocycles. The van der Waals surface area contributed by atoms with E-state index in [9.17, 15) is 4.79 Å². The zero-order valence-electron chi connectivity index (χ0n) is 10.7. The SMILES string of the molecule is COc1cc(OC)nc(OC2=C(C(=O)O)CCC2)n1. The molecule has 2 rings (SSSR count). The van der Waals surface area contributed by atoms with Crippen LogP contribution in [0.2, 0.25) is 0 Å². The van der Waals surface area contributed by atoms with Gasteiger partial charge in [0.1, 0.15) is 5.76 Å². The Morgan fingerprint density at radius 3 is 2.37 bits per heavy atom. The first kappa shape index (κ1) is 13.1. The molecule has 0 fully saturated rings. The third-order valence-electron chi connectivity index (χ3n) is 2.72. The molecular formula is C12H14N2O5. The van der Waals surface area contributed by atoms with Gasteiger partial charge in [0.15, 0.2) is 0 Å². The predicted molar refractivity (Wildman–Crippen MR) is 64.3 cm³/mol. The van der Waals surface area contributed by atoms with E-state index in [0.717, 1.165) is 6.42 Å². The monoisotopic (exact) mass is 266 g/mol. The Bertz CT molecular complexity index is 505. The van der Waals surface area contributed by atoms with Gasteiger partial charge < -0.3 is 19.3 Å². The van der Waals surface area contributed by atoms with Gasteiger partial charge in [-0.1, -0.05) is 0 Å². The lowest BCUT2D eigenvalue weighted by atomic mass is 10.2. The molecule has 0 radical (unpaired) electrons. The molecule has 1 aromatic rings. The maximum atomic E-state index is 11.0. The second-order valence-corrected chi connectivity index (χ2v) is 3.90. The largest absolute Gasteiger partial charge is 0.481 e. The lowest BCUT2D eigenvalue weighted by Crippen LogP contribution is -2.06. The van der Waals surface area contributed by atoms with Crippen molar-refractivity contribution in [3.8, 4) is 17.8 Å². The molecule has 0 spiro atoms. The van der Waals surface area contributed by atoms with E-state index in [-0.39, 0.29) is 23.3 Å². The fourth-order valence-corrected chi connectivity index (χ4v) is 1.80. The van der Waals surface area contributed by atoms with Crippen LogP contribution < -0.4 is 14.2 Å². The highest BCUT2D eigenvalue weighted by atomic mass is 16.5. The van der Waals surface area contributed by atoms with Crippen molar-refractivity contribution in [2.24, 2.45) is 0 Å². The average molecular weight is 266 g/mol. The number of carboxylic acids is 1. The van der Waals surface area contributed by atoms with E-state index in [1.807, 2.05) is 0 Å². The molecule has 1 heterocycles. The molecule has 0 saturated carbocycles. The maximum Gasteiger partial charge on any atom is 0.334 e. The first-order valence-corrected chi connectivity index (χ1v) is 5.74. The van der Waals surface area contributed by atoms with Crippen LogP contribution in [0.25, 0.3) is 0 Å². The van der Waals surface area contributed by atoms with Gasteiger partial charge in [-0.05, 0) is 12.8 Å². The second kappa shape index (κ2) is 5.55. The van der Waals surface area contributed by atoms with Crippen LogP contribution in [0, 0.1) is 0 Å². The molecule has 1 aliphatic rings. The fourth-order valence-electron chi connectivity index (χ4n) is 1.80. The first-order valence-electron chi connectivity index (χ1n) is 5.74. The Morgan fingerprint density at radius 2 is 1.84 bits per heavy atom. The van der Waals surface area contributed by atoms with Crippen LogP contribution >= 0.6 is 0 Å². The van der Waals surface area contributed by atoms with Crippen LogP contribution in [0.3, 0.4) is 0 Å². The number of nitrogens with zero attached hydrogens (tertiary/aromatic N) is 2. The van der Waals surface area contributed by atoms with E-state index in [4.69, 9.17) is 19.3 Å². The lowest BCUT2D eigenvalue weighted by molar-refractivity contribution is -0.132. The standard InChI is InChI=1S/C12H14N2O5/c1-17-9-6-10(18-2)14-12(13-9)19-8-5-3-4-7(8)11(15)16/h6H,3-5H2,1-2H3,(H,15,16). The lowest BCUT2D eigenvalue weighted by Gasteiger charge is -2.08. The summed E-state index contributed by atoms with van der Waals surface area (Å²) >= 11 is 0. The Kier molecular flexibility index (Phi) is 3.84. The summed E-state index contributed by atoms with van der Waals surface area (Å²) in [6, 6.07) is 1.53. The van der Waals surface area contributed by atoms with E-state index in [1.54, 1.807) is 0 Å². The van der Waals surface area contributed by atoms with Gasteiger partial charge in [-0.15, -0.1) is 0 Å². The summed E-state index contributed by atoms with van der Waals surface area (Å²) in [4.78, 5) is 19.0. The Hall–Kier alpha value is -2.31. The van der Waals surface area contributed by atoms with Crippen molar-refractivity contribution in [1.82, 2.24) is 9.97 Å². The van der Waals surface area contributed by atoms with Crippen LogP contribution in [-0.2, 0) is 4.79 Å². The maximum absolute atomic E-state index is 11.0. The summed E-state index contributed by atoms with van der Waals surface area (Å²) in [6.45, 7) is 0. The van der Waals surface area contributed by atoms with Crippen LogP contribution in [0.15, 0.2) is 17.4 Å². The van der Waals surface area contributed by atoms with E-state index in [2.05, 4.69) is 9.97 Å². The van der Waals surface area contributed by atoms with Gasteiger partial charge in [0, 0.05) is 6.42 Å². The molecule has 7 nitrogen and oxygen atoms in total. The minimum atomic E-state index is -0.970. The van der Waals surface area contributed by atoms with Gasteiger partial charge in [0.25, 0.3) is 0 Å². The van der Waals surface area contributed by atoms with Crippen LogP contribution in [0.4, 0.5) is 0 Å². The predicted octanol–water partition coefficient (Wildman–Crippen LogP) is 1.40. The molecule has 0 amide bonds. The van der Waals surface area contributed by atoms with Crippen molar-refractivity contribution in [2.45, 2.75) is 19.3 Å². The summed E-state index contributed by atoms with van der Waals surface area (Å²) in [5, 5.41) is 9.04. The molecule has 0 aromatic carbocycles. The summed E-state index contributed by atoms with van der Waals surface area (Å²) in [5.74, 6) is -0.000175. The zero-order valence-corrected chi connectivity index (χ0v) is 10.7. The molecular weight excluding hydrogens is 252 g/mol. The first-order chi connectivity index (χ1) is 9.13. The molecule has 0 unspecified atom stereocenters. The van der Waals surface area contributed by atoms with Crippen molar-refractivity contribution in [1.29, 1.82) is 0 Å². The third kappa shape index (κ3) is 2.93. The number of ether oxygens (including phenoxy) is 3. The number of aromatic nitrogens is 2. The summed E-state index contributed by atoms with van der Waals surface area (Å²) in [7, 11) is 2.92. The van der Waals surface area contributed by atoms with Gasteiger partial charge in [-0.2, -0.15) is 9.97 Å². The molecule has 102 valence electrons. The number of rotatable bonds is 5. The van der Waals surface area contributed by atoms with Gasteiger partial charge in [0.2, 0.25) is 11.8 Å². The van der Waals surface area contributed by atoms with Crippen molar-refractivity contribution < 1.29 is 24.1 Å². The van der Waals surface area contributed by atoms with Crippen molar-refractivity contribution >= 4 is 5.97 Å². The minimum Gasteiger partial charge on any atom is -0.481 e. The summed E-state index contributed by atoms with van der Waals surface area (Å²) < 4.78 is 15.4. The van der Waals surface area contributed by atoms with Crippen molar-refractivity contribution in [3.05, 3.63) is 17.4 Å². The van der Waals surface area contributed by atoms with Gasteiger partial charge in [0.05, 0.1) is 25.9 Å². The van der Waals surface area contributed by atoms with Gasteiger partial charge >= 0.3 is 12.0 Å². The molecule has 1 aliphatic carbocycles. The van der Waals surface area contributed by atoms with Crippen molar-refractivity contribution in [2.75, 3.05) is 14.2 Å². The molecule has 0 atom stereocenters. The molecule has 7 heteroatoms. The Balaban J connectivity index is 2.28. The third-order valence-corrected chi connectivity index (χ3v) is 2.72. The number of aliphatic carboxylic acids is 1. The second-order valence-electron chi connectivity index (χ2n) is 3.90. The summed E-state index contributed by atoms with van der Waals surface area (Å²) in [6.07, 6.45) is 1.80. The van der Waals surface area contributed by atoms with E-state index in [0.29, 0.717) is 18.6 Å².